The van der Waals surface area contributed by atoms with Crippen molar-refractivity contribution in [3.05, 3.63) is 42.9 Å². The number of hydrogen-bond acceptors (Lipinski definition) is 7. The number of alkyl halides is 3. The van der Waals surface area contributed by atoms with Gasteiger partial charge in [0.15, 0.2) is 0 Å². The molecule has 0 unspecified atom stereocenters. The normalized spacial score (nSPS) is 11.8. The topological polar surface area (TPSA) is 78.1 Å². The Morgan fingerprint density at radius 3 is 2.52 bits per heavy atom. The third kappa shape index (κ3) is 3.13. The molecule has 1 aromatic carbocycles. The molecule has 0 bridgehead atoms. The van der Waals surface area contributed by atoms with Gasteiger partial charge in [-0.2, -0.15) is 9.61 Å². The van der Waals surface area contributed by atoms with E-state index in [1.165, 1.54) is 46.3 Å². The van der Waals surface area contributed by atoms with Gasteiger partial charge in [0.1, 0.15) is 16.5 Å². The molecule has 3 aromatic heterocycles. The third-order valence-electron chi connectivity index (χ3n) is 3.12. The van der Waals surface area contributed by atoms with Gasteiger partial charge in [0.25, 0.3) is 0 Å². The number of ether oxygens (including phenoxy) is 1. The first-order valence-corrected chi connectivity index (χ1v) is 7.66. The molecule has 0 amide bonds. The number of fused-ring (bicyclic) bond motifs is 1. The number of rotatable bonds is 3. The number of nitrogens with zero attached hydrogens (tertiary/aromatic N) is 6. The van der Waals surface area contributed by atoms with Crippen molar-refractivity contribution in [2.45, 2.75) is 6.36 Å². The van der Waals surface area contributed by atoms with Crippen LogP contribution in [0.5, 0.6) is 5.75 Å². The molecule has 0 radical (unpaired) electrons. The summed E-state index contributed by atoms with van der Waals surface area (Å²) < 4.78 is 42.0. The second-order valence-corrected chi connectivity index (χ2v) is 5.74. The van der Waals surface area contributed by atoms with Crippen molar-refractivity contribution in [3.8, 4) is 27.8 Å². The number of aromatic nitrogens is 6. The largest absolute Gasteiger partial charge is 0.573 e. The predicted octanol–water partition coefficient (Wildman–Crippen LogP) is 3.21. The van der Waals surface area contributed by atoms with Crippen molar-refractivity contribution in [1.29, 1.82) is 0 Å². The fourth-order valence-corrected chi connectivity index (χ4v) is 2.95. The van der Waals surface area contributed by atoms with Crippen LogP contribution in [-0.2, 0) is 0 Å². The minimum Gasteiger partial charge on any atom is -0.406 e. The number of benzene rings is 1. The Balaban J connectivity index is 1.67. The van der Waals surface area contributed by atoms with Gasteiger partial charge < -0.3 is 4.74 Å². The van der Waals surface area contributed by atoms with Crippen molar-refractivity contribution < 1.29 is 17.9 Å². The molecule has 0 spiro atoms. The lowest BCUT2D eigenvalue weighted by Crippen LogP contribution is -2.16. The Morgan fingerprint density at radius 2 is 1.84 bits per heavy atom. The summed E-state index contributed by atoms with van der Waals surface area (Å²) in [4.78, 5) is 8.67. The molecule has 0 atom stereocenters. The van der Waals surface area contributed by atoms with Crippen LogP contribution >= 0.6 is 11.3 Å². The summed E-state index contributed by atoms with van der Waals surface area (Å²) in [6.45, 7) is 0. The molecule has 0 saturated heterocycles. The highest BCUT2D eigenvalue weighted by Gasteiger charge is 2.31. The van der Waals surface area contributed by atoms with Crippen LogP contribution in [0.4, 0.5) is 13.2 Å². The monoisotopic (exact) mass is 364 g/mol. The van der Waals surface area contributed by atoms with Crippen molar-refractivity contribution in [2.24, 2.45) is 0 Å². The van der Waals surface area contributed by atoms with E-state index in [0.717, 1.165) is 0 Å². The molecule has 4 rings (SSSR count). The number of halogens is 3. The molecule has 0 fully saturated rings. The van der Waals surface area contributed by atoms with E-state index in [2.05, 4.69) is 30.0 Å². The van der Waals surface area contributed by atoms with E-state index >= 15 is 0 Å². The Morgan fingerprint density at radius 1 is 1.04 bits per heavy atom. The van der Waals surface area contributed by atoms with E-state index in [9.17, 15) is 13.2 Å². The van der Waals surface area contributed by atoms with Gasteiger partial charge in [0, 0.05) is 18.0 Å². The van der Waals surface area contributed by atoms with Crippen molar-refractivity contribution in [3.63, 3.8) is 0 Å². The van der Waals surface area contributed by atoms with E-state index in [1.807, 2.05) is 0 Å². The maximum atomic E-state index is 12.2. The first-order valence-electron chi connectivity index (χ1n) is 6.84. The Labute approximate surface area is 141 Å². The zero-order valence-corrected chi connectivity index (χ0v) is 13.0. The standard InChI is InChI=1S/C14H7F3N6OS/c15-14(16,17)24-9-3-1-8(2-4-9)12-22-23-11(20-21-13(23)25-12)10-7-18-5-6-19-10/h1-7H. The third-order valence-corrected chi connectivity index (χ3v) is 4.07. The Bertz CT molecular complexity index is 1010. The van der Waals surface area contributed by atoms with Crippen LogP contribution in [0.15, 0.2) is 42.9 Å². The summed E-state index contributed by atoms with van der Waals surface area (Å²) in [6, 6.07) is 5.45. The van der Waals surface area contributed by atoms with Crippen LogP contribution in [-0.4, -0.2) is 36.1 Å². The minimum absolute atomic E-state index is 0.292. The molecule has 11 heteroatoms. The minimum atomic E-state index is -4.72. The molecule has 0 aliphatic heterocycles. The van der Waals surface area contributed by atoms with Crippen LogP contribution < -0.4 is 4.74 Å². The van der Waals surface area contributed by atoms with Gasteiger partial charge in [-0.15, -0.1) is 23.4 Å². The Kier molecular flexibility index (Phi) is 3.57. The molecule has 25 heavy (non-hydrogen) atoms. The molecule has 7 nitrogen and oxygen atoms in total. The summed E-state index contributed by atoms with van der Waals surface area (Å²) >= 11 is 1.25. The van der Waals surface area contributed by atoms with Gasteiger partial charge in [0.2, 0.25) is 10.8 Å². The van der Waals surface area contributed by atoms with Crippen LogP contribution in [0, 0.1) is 0 Å². The van der Waals surface area contributed by atoms with Crippen LogP contribution in [0.3, 0.4) is 0 Å². The van der Waals surface area contributed by atoms with Crippen molar-refractivity contribution >= 4 is 16.3 Å². The van der Waals surface area contributed by atoms with Gasteiger partial charge in [-0.25, -0.2) is 4.98 Å². The highest BCUT2D eigenvalue weighted by molar-refractivity contribution is 7.19. The van der Waals surface area contributed by atoms with Crippen LogP contribution in [0.2, 0.25) is 0 Å². The van der Waals surface area contributed by atoms with Crippen LogP contribution in [0.1, 0.15) is 0 Å². The maximum absolute atomic E-state index is 12.2. The summed E-state index contributed by atoms with van der Waals surface area (Å²) in [5.41, 5.74) is 1.15. The maximum Gasteiger partial charge on any atom is 0.573 e. The molecule has 0 saturated carbocycles. The lowest BCUT2D eigenvalue weighted by molar-refractivity contribution is -0.274. The first kappa shape index (κ1) is 15.4. The van der Waals surface area contributed by atoms with Gasteiger partial charge in [-0.3, -0.25) is 4.98 Å². The quantitative estimate of drug-likeness (QED) is 0.555. The van der Waals surface area contributed by atoms with Crippen molar-refractivity contribution in [2.75, 3.05) is 0 Å². The lowest BCUT2D eigenvalue weighted by atomic mass is 10.2. The smallest absolute Gasteiger partial charge is 0.406 e. The molecule has 4 aromatic rings. The SMILES string of the molecule is FC(F)(F)Oc1ccc(-c2nn3c(-c4cnccn4)nnc3s2)cc1. The lowest BCUT2D eigenvalue weighted by Gasteiger charge is -2.08. The van der Waals surface area contributed by atoms with E-state index < -0.39 is 6.36 Å². The van der Waals surface area contributed by atoms with E-state index in [0.29, 0.717) is 27.1 Å². The summed E-state index contributed by atoms with van der Waals surface area (Å²) in [6.07, 6.45) is -0.110. The fraction of sp³-hybridized carbons (Fsp3) is 0.0714. The zero-order chi connectivity index (χ0) is 17.4. The second kappa shape index (κ2) is 5.77. The molecule has 0 N–H and O–H groups in total. The van der Waals surface area contributed by atoms with Gasteiger partial charge in [-0.1, -0.05) is 11.3 Å². The summed E-state index contributed by atoms with van der Waals surface area (Å²) in [5, 5.41) is 13.0. The first-order chi connectivity index (χ1) is 12.0. The molecule has 3 heterocycles. The Hall–Kier alpha value is -3.08. The average Bonchev–Trinajstić information content (AvgIpc) is 3.15. The highest BCUT2D eigenvalue weighted by Crippen LogP contribution is 2.30. The molecule has 126 valence electrons. The van der Waals surface area contributed by atoms with Crippen LogP contribution in [0.25, 0.3) is 27.1 Å². The fourth-order valence-electron chi connectivity index (χ4n) is 2.11. The second-order valence-electron chi connectivity index (χ2n) is 4.79. The molecule has 0 aliphatic carbocycles. The highest BCUT2D eigenvalue weighted by atomic mass is 32.1. The van der Waals surface area contributed by atoms with Gasteiger partial charge in [-0.05, 0) is 24.3 Å². The van der Waals surface area contributed by atoms with E-state index in [1.54, 1.807) is 12.4 Å². The van der Waals surface area contributed by atoms with Crippen molar-refractivity contribution in [1.82, 2.24) is 29.8 Å². The summed E-state index contributed by atoms with van der Waals surface area (Å²) in [5.74, 6) is 0.141. The molecule has 0 aliphatic rings. The summed E-state index contributed by atoms with van der Waals surface area (Å²) in [7, 11) is 0. The predicted molar refractivity (Wildman–Crippen MR) is 81.8 cm³/mol. The van der Waals surface area contributed by atoms with Gasteiger partial charge in [0.05, 0.1) is 6.20 Å². The van der Waals surface area contributed by atoms with E-state index in [-0.39, 0.29) is 5.75 Å². The van der Waals surface area contributed by atoms with Gasteiger partial charge >= 0.3 is 6.36 Å². The van der Waals surface area contributed by atoms with E-state index in [4.69, 9.17) is 0 Å². The number of hydrogen-bond donors (Lipinski definition) is 0. The zero-order valence-electron chi connectivity index (χ0n) is 12.2. The average molecular weight is 364 g/mol. The molecular formula is C14H7F3N6OS. The molecular weight excluding hydrogens is 357 g/mol.